The minimum absolute atomic E-state index is 0.202. The van der Waals surface area contributed by atoms with Gasteiger partial charge in [-0.05, 0) is 25.1 Å². The highest BCUT2D eigenvalue weighted by molar-refractivity contribution is 7.86. The molecule has 4 rings (SSSR count). The molecule has 0 aliphatic carbocycles. The summed E-state index contributed by atoms with van der Waals surface area (Å²) in [7, 11) is -3.50. The van der Waals surface area contributed by atoms with E-state index in [1.165, 1.54) is 8.61 Å². The monoisotopic (exact) mass is 393 g/mol. The quantitative estimate of drug-likeness (QED) is 0.779. The molecule has 2 fully saturated rings. The first kappa shape index (κ1) is 18.4. The maximum atomic E-state index is 12.7. The molecule has 1 aromatic carbocycles. The summed E-state index contributed by atoms with van der Waals surface area (Å²) < 4.78 is 39.2. The largest absolute Gasteiger partial charge is 0.451 e. The van der Waals surface area contributed by atoms with Crippen LogP contribution < -0.4 is 0 Å². The van der Waals surface area contributed by atoms with E-state index in [-0.39, 0.29) is 19.0 Å². The topological polar surface area (TPSA) is 83.3 Å². The molecule has 0 radical (unpaired) electrons. The summed E-state index contributed by atoms with van der Waals surface area (Å²) in [6, 6.07) is 7.52. The van der Waals surface area contributed by atoms with E-state index < -0.39 is 10.2 Å². The van der Waals surface area contributed by atoms with E-state index >= 15 is 0 Å². The van der Waals surface area contributed by atoms with Crippen LogP contribution in [0.15, 0.2) is 28.7 Å². The second-order valence-electron chi connectivity index (χ2n) is 6.86. The van der Waals surface area contributed by atoms with Crippen LogP contribution in [0.3, 0.4) is 0 Å². The Morgan fingerprint density at radius 1 is 0.963 bits per heavy atom. The molecule has 1 aromatic heterocycles. The Kier molecular flexibility index (Phi) is 4.94. The first-order valence-electron chi connectivity index (χ1n) is 9.07. The van der Waals surface area contributed by atoms with Crippen LogP contribution in [0.2, 0.25) is 0 Å². The molecule has 0 atom stereocenters. The molecule has 1 amide bonds. The number of hydrogen-bond acceptors (Lipinski definition) is 5. The van der Waals surface area contributed by atoms with Crippen molar-refractivity contribution in [3.63, 3.8) is 0 Å². The van der Waals surface area contributed by atoms with E-state index in [4.69, 9.17) is 9.15 Å². The molecule has 8 nitrogen and oxygen atoms in total. The van der Waals surface area contributed by atoms with Gasteiger partial charge in [0.25, 0.3) is 16.1 Å². The fourth-order valence-electron chi connectivity index (χ4n) is 3.49. The highest BCUT2D eigenvalue weighted by atomic mass is 32.2. The second-order valence-corrected chi connectivity index (χ2v) is 8.79. The van der Waals surface area contributed by atoms with Crippen LogP contribution in [0.5, 0.6) is 0 Å². The highest BCUT2D eigenvalue weighted by Gasteiger charge is 2.34. The van der Waals surface area contributed by atoms with Crippen molar-refractivity contribution >= 4 is 27.1 Å². The van der Waals surface area contributed by atoms with E-state index in [0.29, 0.717) is 50.7 Å². The van der Waals surface area contributed by atoms with Crippen molar-refractivity contribution in [2.45, 2.75) is 6.92 Å². The number of piperazine rings is 1. The second kappa shape index (κ2) is 7.23. The molecule has 0 unspecified atom stereocenters. The predicted octanol–water partition coefficient (Wildman–Crippen LogP) is 1.08. The Morgan fingerprint density at radius 2 is 1.63 bits per heavy atom. The van der Waals surface area contributed by atoms with Crippen LogP contribution >= 0.6 is 0 Å². The van der Waals surface area contributed by atoms with Gasteiger partial charge in [0, 0.05) is 44.7 Å². The lowest BCUT2D eigenvalue weighted by atomic mass is 10.2. The van der Waals surface area contributed by atoms with E-state index in [9.17, 15) is 13.2 Å². The van der Waals surface area contributed by atoms with Crippen LogP contribution in [0.1, 0.15) is 16.1 Å². The Labute approximate surface area is 158 Å². The number of rotatable bonds is 3. The third-order valence-corrected chi connectivity index (χ3v) is 7.07. The van der Waals surface area contributed by atoms with Gasteiger partial charge in [-0.15, -0.1) is 0 Å². The predicted molar refractivity (Wildman–Crippen MR) is 99.7 cm³/mol. The SMILES string of the molecule is Cc1ccc2oc(C(=O)N3CCN(S(=O)(=O)N4CCOCC4)CC3)cc2c1. The number of furan rings is 1. The van der Waals surface area contributed by atoms with Crippen molar-refractivity contribution in [1.29, 1.82) is 0 Å². The van der Waals surface area contributed by atoms with Gasteiger partial charge < -0.3 is 14.1 Å². The van der Waals surface area contributed by atoms with Gasteiger partial charge in [-0.25, -0.2) is 0 Å². The molecule has 0 saturated carbocycles. The van der Waals surface area contributed by atoms with E-state index in [1.54, 1.807) is 11.0 Å². The van der Waals surface area contributed by atoms with Gasteiger partial charge in [0.2, 0.25) is 0 Å². The summed E-state index contributed by atoms with van der Waals surface area (Å²) in [6.45, 7) is 4.83. The van der Waals surface area contributed by atoms with Crippen LogP contribution in [0.25, 0.3) is 11.0 Å². The normalized spacial score (nSPS) is 20.3. The van der Waals surface area contributed by atoms with Crippen molar-refractivity contribution < 1.29 is 22.4 Å². The zero-order valence-corrected chi connectivity index (χ0v) is 16.1. The number of fused-ring (bicyclic) bond motifs is 1. The number of aryl methyl sites for hydroxylation is 1. The third kappa shape index (κ3) is 3.60. The van der Waals surface area contributed by atoms with Gasteiger partial charge in [0.15, 0.2) is 5.76 Å². The number of nitrogens with zero attached hydrogens (tertiary/aromatic N) is 3. The van der Waals surface area contributed by atoms with Gasteiger partial charge in [-0.2, -0.15) is 17.0 Å². The number of hydrogen-bond donors (Lipinski definition) is 0. The van der Waals surface area contributed by atoms with Gasteiger partial charge in [0.1, 0.15) is 5.58 Å². The molecule has 27 heavy (non-hydrogen) atoms. The number of carbonyl (C=O) groups excluding carboxylic acids is 1. The Hall–Kier alpha value is -1.94. The molecule has 0 spiro atoms. The standard InChI is InChI=1S/C18H23N3O5S/c1-14-2-3-16-15(12-14)13-17(26-16)18(22)19-4-6-20(7-5-19)27(23,24)21-8-10-25-11-9-21/h2-3,12-13H,4-11H2,1H3. The molecular weight excluding hydrogens is 370 g/mol. The molecule has 3 heterocycles. The number of carbonyl (C=O) groups is 1. The van der Waals surface area contributed by atoms with Gasteiger partial charge in [-0.3, -0.25) is 4.79 Å². The zero-order valence-electron chi connectivity index (χ0n) is 15.3. The van der Waals surface area contributed by atoms with Crippen molar-refractivity contribution in [3.8, 4) is 0 Å². The van der Waals surface area contributed by atoms with E-state index in [0.717, 1.165) is 10.9 Å². The molecule has 2 saturated heterocycles. The van der Waals surface area contributed by atoms with E-state index in [2.05, 4.69) is 0 Å². The van der Waals surface area contributed by atoms with Crippen molar-refractivity contribution in [2.75, 3.05) is 52.5 Å². The molecule has 2 aromatic rings. The average molecular weight is 393 g/mol. The van der Waals surface area contributed by atoms with Crippen LogP contribution in [0.4, 0.5) is 0 Å². The van der Waals surface area contributed by atoms with Crippen molar-refractivity contribution in [2.24, 2.45) is 0 Å². The van der Waals surface area contributed by atoms with Crippen LogP contribution in [0, 0.1) is 6.92 Å². The molecule has 0 N–H and O–H groups in total. The molecule has 9 heteroatoms. The maximum absolute atomic E-state index is 12.7. The average Bonchev–Trinajstić information content (AvgIpc) is 3.11. The lowest BCUT2D eigenvalue weighted by Crippen LogP contribution is -2.55. The lowest BCUT2D eigenvalue weighted by molar-refractivity contribution is 0.0620. The van der Waals surface area contributed by atoms with Gasteiger partial charge in [-0.1, -0.05) is 11.6 Å². The van der Waals surface area contributed by atoms with Crippen molar-refractivity contribution in [1.82, 2.24) is 13.5 Å². The lowest BCUT2D eigenvalue weighted by Gasteiger charge is -2.37. The van der Waals surface area contributed by atoms with E-state index in [1.807, 2.05) is 25.1 Å². The number of benzene rings is 1. The molecule has 0 bridgehead atoms. The number of amides is 1. The first-order chi connectivity index (χ1) is 12.9. The Bertz CT molecular complexity index is 941. The summed E-state index contributed by atoms with van der Waals surface area (Å²) in [5.41, 5.74) is 1.78. The maximum Gasteiger partial charge on any atom is 0.289 e. The Morgan fingerprint density at radius 3 is 2.33 bits per heavy atom. The first-order valence-corrected chi connectivity index (χ1v) is 10.5. The summed E-state index contributed by atoms with van der Waals surface area (Å²) in [5.74, 6) is 0.0901. The minimum atomic E-state index is -3.50. The number of ether oxygens (including phenoxy) is 1. The Balaban J connectivity index is 1.42. The summed E-state index contributed by atoms with van der Waals surface area (Å²) >= 11 is 0. The fraction of sp³-hybridized carbons (Fsp3) is 0.500. The van der Waals surface area contributed by atoms with Gasteiger partial charge >= 0.3 is 0 Å². The minimum Gasteiger partial charge on any atom is -0.451 e. The molecule has 2 aliphatic rings. The molecule has 2 aliphatic heterocycles. The molecular formula is C18H23N3O5S. The third-order valence-electron chi connectivity index (χ3n) is 5.03. The summed E-state index contributed by atoms with van der Waals surface area (Å²) in [5, 5.41) is 0.895. The van der Waals surface area contributed by atoms with Crippen LogP contribution in [-0.4, -0.2) is 80.3 Å². The van der Waals surface area contributed by atoms with Gasteiger partial charge in [0.05, 0.1) is 13.2 Å². The summed E-state index contributed by atoms with van der Waals surface area (Å²) in [6.07, 6.45) is 0. The van der Waals surface area contributed by atoms with Crippen LogP contribution in [-0.2, 0) is 14.9 Å². The highest BCUT2D eigenvalue weighted by Crippen LogP contribution is 2.22. The zero-order chi connectivity index (χ0) is 19.0. The number of morpholine rings is 1. The molecule has 146 valence electrons. The fourth-order valence-corrected chi connectivity index (χ4v) is 5.05. The summed E-state index contributed by atoms with van der Waals surface area (Å²) in [4.78, 5) is 14.4. The smallest absolute Gasteiger partial charge is 0.289 e. The van der Waals surface area contributed by atoms with Crippen molar-refractivity contribution in [3.05, 3.63) is 35.6 Å².